The number of rotatable bonds is 7. The van der Waals surface area contributed by atoms with E-state index in [1.807, 2.05) is 5.38 Å². The molecule has 1 aromatic heterocycles. The molecule has 1 unspecified atom stereocenters. The summed E-state index contributed by atoms with van der Waals surface area (Å²) in [5.41, 5.74) is 0. The molecule has 0 fully saturated rings. The van der Waals surface area contributed by atoms with Gasteiger partial charge in [0.1, 0.15) is 0 Å². The molecule has 0 aromatic carbocycles. The Bertz CT molecular complexity index is 277. The van der Waals surface area contributed by atoms with E-state index in [9.17, 15) is 5.11 Å². The summed E-state index contributed by atoms with van der Waals surface area (Å²) >= 11 is 7.35. The zero-order valence-electron chi connectivity index (χ0n) is 8.61. The first kappa shape index (κ1) is 12.9. The molecule has 3 nitrogen and oxygen atoms in total. The van der Waals surface area contributed by atoms with Gasteiger partial charge in [0.05, 0.1) is 29.2 Å². The fourth-order valence-corrected chi connectivity index (χ4v) is 2.32. The van der Waals surface area contributed by atoms with Crippen LogP contribution >= 0.6 is 22.9 Å². The highest BCUT2D eigenvalue weighted by Gasteiger charge is 2.12. The molecule has 5 heteroatoms. The van der Waals surface area contributed by atoms with Crippen molar-refractivity contribution >= 4 is 22.9 Å². The highest BCUT2D eigenvalue weighted by Crippen LogP contribution is 2.30. The molecule has 15 heavy (non-hydrogen) atoms. The van der Waals surface area contributed by atoms with Crippen molar-refractivity contribution in [1.29, 1.82) is 0 Å². The van der Waals surface area contributed by atoms with Crippen LogP contribution in [0.4, 0.5) is 0 Å². The van der Waals surface area contributed by atoms with Crippen LogP contribution in [0.1, 0.15) is 17.4 Å². The Hall–Kier alpha value is -0.130. The predicted molar refractivity (Wildman–Crippen MR) is 61.6 cm³/mol. The van der Waals surface area contributed by atoms with Crippen molar-refractivity contribution in [2.24, 2.45) is 0 Å². The molecule has 0 aliphatic rings. The SMILES string of the molecule is COCCOCCC(O)c1sccc1Cl. The van der Waals surface area contributed by atoms with Crippen LogP contribution in [-0.4, -0.2) is 32.0 Å². The number of hydrogen-bond acceptors (Lipinski definition) is 4. The summed E-state index contributed by atoms with van der Waals surface area (Å²) in [5, 5.41) is 12.3. The van der Waals surface area contributed by atoms with Gasteiger partial charge in [-0.3, -0.25) is 0 Å². The maximum absolute atomic E-state index is 9.76. The van der Waals surface area contributed by atoms with E-state index >= 15 is 0 Å². The van der Waals surface area contributed by atoms with Gasteiger partial charge in [-0.2, -0.15) is 0 Å². The van der Waals surface area contributed by atoms with Crippen LogP contribution in [0.5, 0.6) is 0 Å². The second-order valence-electron chi connectivity index (χ2n) is 3.04. The van der Waals surface area contributed by atoms with Gasteiger partial charge in [0, 0.05) is 20.1 Å². The monoisotopic (exact) mass is 250 g/mol. The van der Waals surface area contributed by atoms with E-state index in [1.54, 1.807) is 13.2 Å². The molecule has 1 N–H and O–H groups in total. The summed E-state index contributed by atoms with van der Waals surface area (Å²) in [6.45, 7) is 1.65. The van der Waals surface area contributed by atoms with E-state index in [-0.39, 0.29) is 0 Å². The molecule has 1 rings (SSSR count). The summed E-state index contributed by atoms with van der Waals surface area (Å²) in [4.78, 5) is 0.812. The average Bonchev–Trinajstić information content (AvgIpc) is 2.64. The Kier molecular flexibility index (Phi) is 6.20. The first-order valence-corrected chi connectivity index (χ1v) is 5.99. The van der Waals surface area contributed by atoms with Gasteiger partial charge in [0.15, 0.2) is 0 Å². The number of hydrogen-bond donors (Lipinski definition) is 1. The molecule has 0 amide bonds. The van der Waals surface area contributed by atoms with E-state index in [0.717, 1.165) is 4.88 Å². The van der Waals surface area contributed by atoms with Gasteiger partial charge in [0.25, 0.3) is 0 Å². The lowest BCUT2D eigenvalue weighted by molar-refractivity contribution is 0.0483. The van der Waals surface area contributed by atoms with Gasteiger partial charge in [-0.15, -0.1) is 11.3 Å². The number of methoxy groups -OCH3 is 1. The molecule has 0 aliphatic carbocycles. The van der Waals surface area contributed by atoms with E-state index in [0.29, 0.717) is 31.3 Å². The lowest BCUT2D eigenvalue weighted by Crippen LogP contribution is -2.06. The molecule has 0 saturated heterocycles. The number of aliphatic hydroxyl groups excluding tert-OH is 1. The summed E-state index contributed by atoms with van der Waals surface area (Å²) in [5.74, 6) is 0. The second-order valence-corrected chi connectivity index (χ2v) is 4.40. The molecular formula is C10H15ClO3S. The summed E-state index contributed by atoms with van der Waals surface area (Å²) in [6, 6.07) is 1.79. The number of ether oxygens (including phenoxy) is 2. The zero-order chi connectivity index (χ0) is 11.1. The number of halogens is 1. The number of thiophene rings is 1. The Morgan fingerprint density at radius 1 is 1.47 bits per heavy atom. The van der Waals surface area contributed by atoms with Crippen molar-refractivity contribution in [1.82, 2.24) is 0 Å². The van der Waals surface area contributed by atoms with Crippen LogP contribution in [0.2, 0.25) is 5.02 Å². The maximum atomic E-state index is 9.76. The summed E-state index contributed by atoms with van der Waals surface area (Å²) in [7, 11) is 1.63. The minimum atomic E-state index is -0.528. The molecular weight excluding hydrogens is 236 g/mol. The normalized spacial score (nSPS) is 13.0. The highest BCUT2D eigenvalue weighted by molar-refractivity contribution is 7.10. The summed E-state index contributed by atoms with van der Waals surface area (Å²) < 4.78 is 10.1. The van der Waals surface area contributed by atoms with E-state index in [1.165, 1.54) is 11.3 Å². The van der Waals surface area contributed by atoms with Crippen LogP contribution in [0, 0.1) is 0 Å². The molecule has 86 valence electrons. The van der Waals surface area contributed by atoms with E-state index < -0.39 is 6.10 Å². The topological polar surface area (TPSA) is 38.7 Å². The summed E-state index contributed by atoms with van der Waals surface area (Å²) in [6.07, 6.45) is 0.0317. The molecule has 0 radical (unpaired) electrons. The van der Waals surface area contributed by atoms with Gasteiger partial charge >= 0.3 is 0 Å². The van der Waals surface area contributed by atoms with Crippen molar-refractivity contribution in [3.8, 4) is 0 Å². The van der Waals surface area contributed by atoms with Crippen molar-refractivity contribution in [3.05, 3.63) is 21.3 Å². The average molecular weight is 251 g/mol. The minimum Gasteiger partial charge on any atom is -0.387 e. The maximum Gasteiger partial charge on any atom is 0.0918 e. The molecule has 1 atom stereocenters. The fourth-order valence-electron chi connectivity index (χ4n) is 1.11. The van der Waals surface area contributed by atoms with Crippen LogP contribution in [0.3, 0.4) is 0 Å². The first-order chi connectivity index (χ1) is 7.25. The molecule has 1 aromatic rings. The minimum absolute atomic E-state index is 0.513. The highest BCUT2D eigenvalue weighted by atomic mass is 35.5. The second kappa shape index (κ2) is 7.19. The quantitative estimate of drug-likeness (QED) is 0.756. The third-order valence-electron chi connectivity index (χ3n) is 1.91. The van der Waals surface area contributed by atoms with Gasteiger partial charge < -0.3 is 14.6 Å². The lowest BCUT2D eigenvalue weighted by atomic mass is 10.2. The molecule has 0 saturated carbocycles. The number of aliphatic hydroxyl groups is 1. The van der Waals surface area contributed by atoms with Crippen LogP contribution in [-0.2, 0) is 9.47 Å². The van der Waals surface area contributed by atoms with E-state index in [4.69, 9.17) is 21.1 Å². The van der Waals surface area contributed by atoms with Gasteiger partial charge in [0.2, 0.25) is 0 Å². The molecule has 0 spiro atoms. The lowest BCUT2D eigenvalue weighted by Gasteiger charge is -2.09. The van der Waals surface area contributed by atoms with Crippen molar-refractivity contribution in [2.75, 3.05) is 26.9 Å². The molecule has 1 heterocycles. The largest absolute Gasteiger partial charge is 0.387 e. The van der Waals surface area contributed by atoms with Gasteiger partial charge in [-0.25, -0.2) is 0 Å². The fraction of sp³-hybridized carbons (Fsp3) is 0.600. The third-order valence-corrected chi connectivity index (χ3v) is 3.37. The van der Waals surface area contributed by atoms with E-state index in [2.05, 4.69) is 0 Å². The van der Waals surface area contributed by atoms with Crippen LogP contribution in [0.25, 0.3) is 0 Å². The zero-order valence-corrected chi connectivity index (χ0v) is 10.2. The van der Waals surface area contributed by atoms with Gasteiger partial charge in [-0.1, -0.05) is 11.6 Å². The van der Waals surface area contributed by atoms with Crippen LogP contribution in [0.15, 0.2) is 11.4 Å². The standard InChI is InChI=1S/C10H15ClO3S/c1-13-5-6-14-4-2-9(12)10-8(11)3-7-15-10/h3,7,9,12H,2,4-6H2,1H3. The Morgan fingerprint density at radius 2 is 2.27 bits per heavy atom. The van der Waals surface area contributed by atoms with Crippen LogP contribution < -0.4 is 0 Å². The molecule has 0 aliphatic heterocycles. The smallest absolute Gasteiger partial charge is 0.0918 e. The Labute approximate surface area is 98.6 Å². The Morgan fingerprint density at radius 3 is 2.87 bits per heavy atom. The predicted octanol–water partition coefficient (Wildman–Crippen LogP) is 2.49. The van der Waals surface area contributed by atoms with Gasteiger partial charge in [-0.05, 0) is 11.4 Å². The first-order valence-electron chi connectivity index (χ1n) is 4.73. The van der Waals surface area contributed by atoms with Crippen molar-refractivity contribution in [2.45, 2.75) is 12.5 Å². The Balaban J connectivity index is 2.19. The van der Waals surface area contributed by atoms with Crippen molar-refractivity contribution < 1.29 is 14.6 Å². The third kappa shape index (κ3) is 4.49. The van der Waals surface area contributed by atoms with Crippen molar-refractivity contribution in [3.63, 3.8) is 0 Å². The molecule has 0 bridgehead atoms.